The summed E-state index contributed by atoms with van der Waals surface area (Å²) >= 11 is 0. The van der Waals surface area contributed by atoms with E-state index in [1.807, 2.05) is 25.2 Å². The smallest absolute Gasteiger partial charge is 0.119 e. The van der Waals surface area contributed by atoms with Crippen LogP contribution in [-0.4, -0.2) is 26.2 Å². The van der Waals surface area contributed by atoms with Crippen LogP contribution in [0.4, 0.5) is 0 Å². The zero-order valence-corrected chi connectivity index (χ0v) is 9.58. The summed E-state index contributed by atoms with van der Waals surface area (Å²) in [4.78, 5) is 0. The number of hydrazine groups is 1. The van der Waals surface area contributed by atoms with Crippen LogP contribution in [0.5, 0.6) is 5.75 Å². The van der Waals surface area contributed by atoms with Crippen LogP contribution in [0.1, 0.15) is 23.6 Å². The molecular weight excluding hydrogens is 188 g/mol. The second-order valence-electron chi connectivity index (χ2n) is 4.18. The van der Waals surface area contributed by atoms with Crippen LogP contribution in [0, 0.1) is 0 Å². The van der Waals surface area contributed by atoms with Gasteiger partial charge in [0.05, 0.1) is 7.11 Å². The summed E-state index contributed by atoms with van der Waals surface area (Å²) in [7, 11) is 5.77. The largest absolute Gasteiger partial charge is 0.497 e. The van der Waals surface area contributed by atoms with Crippen molar-refractivity contribution in [3.63, 3.8) is 0 Å². The fourth-order valence-corrected chi connectivity index (χ4v) is 2.15. The fourth-order valence-electron chi connectivity index (χ4n) is 2.15. The first-order valence-corrected chi connectivity index (χ1v) is 5.31. The summed E-state index contributed by atoms with van der Waals surface area (Å²) in [6.07, 6.45) is 2.32. The van der Waals surface area contributed by atoms with Gasteiger partial charge in [0, 0.05) is 20.1 Å². The fraction of sp³-hybridized carbons (Fsp3) is 0.500. The van der Waals surface area contributed by atoms with Crippen molar-refractivity contribution in [3.8, 4) is 5.75 Å². The topological polar surface area (TPSA) is 24.5 Å². The molecule has 0 radical (unpaired) electrons. The molecule has 0 saturated heterocycles. The van der Waals surface area contributed by atoms with Crippen LogP contribution < -0.4 is 10.2 Å². The van der Waals surface area contributed by atoms with Crippen LogP contribution in [0.3, 0.4) is 0 Å². The van der Waals surface area contributed by atoms with E-state index in [4.69, 9.17) is 4.74 Å². The van der Waals surface area contributed by atoms with Gasteiger partial charge in [-0.3, -0.25) is 5.01 Å². The first-order chi connectivity index (χ1) is 7.20. The molecule has 0 heterocycles. The molecule has 3 heteroatoms. The number of rotatable bonds is 3. The van der Waals surface area contributed by atoms with Crippen LogP contribution >= 0.6 is 0 Å². The highest BCUT2D eigenvalue weighted by Crippen LogP contribution is 2.33. The van der Waals surface area contributed by atoms with Gasteiger partial charge in [-0.1, -0.05) is 6.07 Å². The van der Waals surface area contributed by atoms with E-state index in [0.717, 1.165) is 12.2 Å². The standard InChI is InChI=1S/C12H18N2O/c1-14(2)13-12-7-5-9-4-6-10(15-3)8-11(9)12/h4,6,8,12-13H,5,7H2,1-3H3. The lowest BCUT2D eigenvalue weighted by Crippen LogP contribution is -2.33. The maximum atomic E-state index is 5.25. The average Bonchev–Trinajstić information content (AvgIpc) is 2.60. The average molecular weight is 206 g/mol. The highest BCUT2D eigenvalue weighted by Gasteiger charge is 2.22. The highest BCUT2D eigenvalue weighted by molar-refractivity contribution is 5.40. The van der Waals surface area contributed by atoms with Crippen molar-refractivity contribution < 1.29 is 4.74 Å². The Kier molecular flexibility index (Phi) is 2.93. The van der Waals surface area contributed by atoms with E-state index < -0.39 is 0 Å². The molecule has 2 rings (SSSR count). The third kappa shape index (κ3) is 2.13. The van der Waals surface area contributed by atoms with Gasteiger partial charge in [-0.15, -0.1) is 0 Å². The molecule has 0 bridgehead atoms. The number of nitrogens with zero attached hydrogens (tertiary/aromatic N) is 1. The van der Waals surface area contributed by atoms with Crippen molar-refractivity contribution in [2.75, 3.05) is 21.2 Å². The third-order valence-corrected chi connectivity index (χ3v) is 2.84. The lowest BCUT2D eigenvalue weighted by atomic mass is 10.1. The summed E-state index contributed by atoms with van der Waals surface area (Å²) in [6, 6.07) is 6.79. The third-order valence-electron chi connectivity index (χ3n) is 2.84. The van der Waals surface area contributed by atoms with Gasteiger partial charge in [-0.2, -0.15) is 0 Å². The first-order valence-electron chi connectivity index (χ1n) is 5.31. The van der Waals surface area contributed by atoms with Crippen molar-refractivity contribution in [3.05, 3.63) is 29.3 Å². The summed E-state index contributed by atoms with van der Waals surface area (Å²) in [6.45, 7) is 0. The molecule has 1 aliphatic rings. The number of hydrogen-bond donors (Lipinski definition) is 1. The monoisotopic (exact) mass is 206 g/mol. The molecule has 1 aromatic carbocycles. The Morgan fingerprint density at radius 3 is 2.87 bits per heavy atom. The number of methoxy groups -OCH3 is 1. The van der Waals surface area contributed by atoms with Gasteiger partial charge in [0.1, 0.15) is 5.75 Å². The Morgan fingerprint density at radius 2 is 2.20 bits per heavy atom. The van der Waals surface area contributed by atoms with Crippen molar-refractivity contribution in [2.24, 2.45) is 0 Å². The molecule has 0 amide bonds. The van der Waals surface area contributed by atoms with Crippen LogP contribution in [0.2, 0.25) is 0 Å². The SMILES string of the molecule is COc1ccc2c(c1)C(NN(C)C)CC2. The number of nitrogens with one attached hydrogen (secondary N) is 1. The molecule has 1 N–H and O–H groups in total. The molecule has 82 valence electrons. The maximum Gasteiger partial charge on any atom is 0.119 e. The first kappa shape index (κ1) is 10.5. The molecule has 1 aromatic rings. The molecule has 1 atom stereocenters. The van der Waals surface area contributed by atoms with Gasteiger partial charge < -0.3 is 4.74 Å². The number of ether oxygens (including phenoxy) is 1. The lowest BCUT2D eigenvalue weighted by molar-refractivity contribution is 0.242. The molecule has 1 unspecified atom stereocenters. The second kappa shape index (κ2) is 4.21. The van der Waals surface area contributed by atoms with E-state index >= 15 is 0 Å². The van der Waals surface area contributed by atoms with E-state index in [1.165, 1.54) is 17.5 Å². The van der Waals surface area contributed by atoms with E-state index in [0.29, 0.717) is 6.04 Å². The van der Waals surface area contributed by atoms with Crippen LogP contribution in [0.25, 0.3) is 0 Å². The van der Waals surface area contributed by atoms with Crippen molar-refractivity contribution in [2.45, 2.75) is 18.9 Å². The molecule has 0 aliphatic heterocycles. The molecule has 0 saturated carbocycles. The zero-order valence-electron chi connectivity index (χ0n) is 9.58. The predicted octanol–water partition coefficient (Wildman–Crippen LogP) is 1.75. The molecule has 15 heavy (non-hydrogen) atoms. The number of fused-ring (bicyclic) bond motifs is 1. The molecule has 3 nitrogen and oxygen atoms in total. The Balaban J connectivity index is 2.23. The van der Waals surface area contributed by atoms with Crippen LogP contribution in [-0.2, 0) is 6.42 Å². The Bertz CT molecular complexity index is 349. The van der Waals surface area contributed by atoms with Gasteiger partial charge >= 0.3 is 0 Å². The molecule has 1 aliphatic carbocycles. The number of aryl methyl sites for hydroxylation is 1. The van der Waals surface area contributed by atoms with E-state index in [9.17, 15) is 0 Å². The molecule has 0 aromatic heterocycles. The van der Waals surface area contributed by atoms with Gasteiger partial charge in [0.25, 0.3) is 0 Å². The predicted molar refractivity (Wildman–Crippen MR) is 60.9 cm³/mol. The summed E-state index contributed by atoms with van der Waals surface area (Å²) in [5.41, 5.74) is 6.24. The summed E-state index contributed by atoms with van der Waals surface area (Å²) in [5, 5.41) is 2.01. The zero-order chi connectivity index (χ0) is 10.8. The van der Waals surface area contributed by atoms with Crippen molar-refractivity contribution in [1.29, 1.82) is 0 Å². The van der Waals surface area contributed by atoms with Gasteiger partial charge in [0.2, 0.25) is 0 Å². The van der Waals surface area contributed by atoms with E-state index in [1.54, 1.807) is 7.11 Å². The van der Waals surface area contributed by atoms with Crippen molar-refractivity contribution in [1.82, 2.24) is 10.4 Å². The summed E-state index contributed by atoms with van der Waals surface area (Å²) < 4.78 is 5.25. The second-order valence-corrected chi connectivity index (χ2v) is 4.18. The highest BCUT2D eigenvalue weighted by atomic mass is 16.5. The minimum absolute atomic E-state index is 0.435. The van der Waals surface area contributed by atoms with Gasteiger partial charge in [-0.05, 0) is 36.1 Å². The normalized spacial score (nSPS) is 19.3. The van der Waals surface area contributed by atoms with E-state index in [-0.39, 0.29) is 0 Å². The Morgan fingerprint density at radius 1 is 1.40 bits per heavy atom. The quantitative estimate of drug-likeness (QED) is 0.762. The number of benzene rings is 1. The molecule has 0 fully saturated rings. The number of hydrogen-bond acceptors (Lipinski definition) is 3. The lowest BCUT2D eigenvalue weighted by Gasteiger charge is -2.19. The Hall–Kier alpha value is -1.06. The Labute approximate surface area is 91.0 Å². The van der Waals surface area contributed by atoms with Crippen LogP contribution in [0.15, 0.2) is 18.2 Å². The molecule has 0 spiro atoms. The van der Waals surface area contributed by atoms with Gasteiger partial charge in [0.15, 0.2) is 0 Å². The summed E-state index contributed by atoms with van der Waals surface area (Å²) in [5.74, 6) is 0.946. The van der Waals surface area contributed by atoms with E-state index in [2.05, 4.69) is 17.6 Å². The maximum absolute atomic E-state index is 5.25. The molecular formula is C12H18N2O. The van der Waals surface area contributed by atoms with Crippen molar-refractivity contribution >= 4 is 0 Å². The van der Waals surface area contributed by atoms with Gasteiger partial charge in [-0.25, -0.2) is 5.43 Å². The minimum atomic E-state index is 0.435. The minimum Gasteiger partial charge on any atom is -0.497 e.